The smallest absolute Gasteiger partial charge is 0.155 e. The maximum Gasteiger partial charge on any atom is 0.155 e. The summed E-state index contributed by atoms with van der Waals surface area (Å²) in [5, 5.41) is 26.4. The number of nitriles is 1. The largest absolute Gasteiger partial charge is 0.486 e. The van der Waals surface area contributed by atoms with Crippen LogP contribution < -0.4 is 4.74 Å². The first kappa shape index (κ1) is 16.0. The Morgan fingerprint density at radius 2 is 1.96 bits per heavy atom. The van der Waals surface area contributed by atoms with E-state index in [1.807, 2.05) is 18.3 Å². The molecule has 1 aromatic carbocycles. The number of ether oxygens (including phenoxy) is 1. The zero-order valence-corrected chi connectivity index (χ0v) is 14.8. The number of hydrogen-bond donors (Lipinski definition) is 0. The highest BCUT2D eigenvalue weighted by Crippen LogP contribution is 2.44. The van der Waals surface area contributed by atoms with Crippen molar-refractivity contribution in [1.82, 2.24) is 29.8 Å². The van der Waals surface area contributed by atoms with Crippen LogP contribution in [0.15, 0.2) is 30.5 Å². The topological polar surface area (TPSA) is 94.4 Å². The van der Waals surface area contributed by atoms with Gasteiger partial charge in [-0.05, 0) is 37.8 Å². The lowest BCUT2D eigenvalue weighted by atomic mass is 10.2. The molecule has 0 spiro atoms. The summed E-state index contributed by atoms with van der Waals surface area (Å²) in [5.41, 5.74) is 1.22. The quantitative estimate of drug-likeness (QED) is 0.642. The van der Waals surface area contributed by atoms with Crippen LogP contribution >= 0.6 is 0 Å². The predicted molar refractivity (Wildman–Crippen MR) is 94.9 cm³/mol. The van der Waals surface area contributed by atoms with Gasteiger partial charge in [0.15, 0.2) is 5.82 Å². The molecule has 0 unspecified atom stereocenters. The molecule has 2 aromatic heterocycles. The minimum atomic E-state index is 0.265. The molecule has 0 N–H and O–H groups in total. The van der Waals surface area contributed by atoms with E-state index in [2.05, 4.69) is 31.1 Å². The Morgan fingerprint density at radius 1 is 1.11 bits per heavy atom. The Morgan fingerprint density at radius 3 is 2.74 bits per heavy atom. The fraction of sp³-hybridized carbons (Fsp3) is 0.421. The van der Waals surface area contributed by atoms with Gasteiger partial charge < -0.3 is 9.30 Å². The SMILES string of the molecule is N#Cc1ccccc1OCc1cn(Cc2nnc(C3CC3)n2C2CC2)nn1. The summed E-state index contributed by atoms with van der Waals surface area (Å²) in [5.74, 6) is 3.24. The summed E-state index contributed by atoms with van der Waals surface area (Å²) in [4.78, 5) is 0. The van der Waals surface area contributed by atoms with Crippen molar-refractivity contribution in [2.24, 2.45) is 0 Å². The fourth-order valence-electron chi connectivity index (χ4n) is 3.26. The van der Waals surface area contributed by atoms with Crippen molar-refractivity contribution in [2.75, 3.05) is 0 Å². The van der Waals surface area contributed by atoms with E-state index in [9.17, 15) is 0 Å². The van der Waals surface area contributed by atoms with Crippen LogP contribution in [-0.2, 0) is 13.2 Å². The van der Waals surface area contributed by atoms with Crippen LogP contribution in [-0.4, -0.2) is 29.8 Å². The molecule has 0 saturated heterocycles. The normalized spacial score (nSPS) is 16.3. The summed E-state index contributed by atoms with van der Waals surface area (Å²) in [6.45, 7) is 0.819. The van der Waals surface area contributed by atoms with Gasteiger partial charge in [0.05, 0.1) is 11.8 Å². The summed E-state index contributed by atoms with van der Waals surface area (Å²) in [7, 11) is 0. The van der Waals surface area contributed by atoms with Gasteiger partial charge in [-0.15, -0.1) is 15.3 Å². The Hall–Kier alpha value is -3.21. The average Bonchev–Trinajstić information content (AvgIpc) is 3.63. The van der Waals surface area contributed by atoms with Crippen molar-refractivity contribution in [2.45, 2.75) is 50.8 Å². The van der Waals surface area contributed by atoms with Crippen LogP contribution in [0.5, 0.6) is 5.75 Å². The zero-order valence-electron chi connectivity index (χ0n) is 14.8. The van der Waals surface area contributed by atoms with Crippen molar-refractivity contribution in [3.8, 4) is 11.8 Å². The lowest BCUT2D eigenvalue weighted by Gasteiger charge is -2.08. The third kappa shape index (κ3) is 3.28. The first-order chi connectivity index (χ1) is 13.3. The van der Waals surface area contributed by atoms with E-state index in [1.54, 1.807) is 16.8 Å². The van der Waals surface area contributed by atoms with Gasteiger partial charge in [-0.1, -0.05) is 17.3 Å². The number of aromatic nitrogens is 6. The number of nitrogens with zero attached hydrogens (tertiary/aromatic N) is 7. The van der Waals surface area contributed by atoms with E-state index in [0.29, 0.717) is 35.5 Å². The minimum Gasteiger partial charge on any atom is -0.486 e. The van der Waals surface area contributed by atoms with E-state index < -0.39 is 0 Å². The van der Waals surface area contributed by atoms with E-state index >= 15 is 0 Å². The number of hydrogen-bond acceptors (Lipinski definition) is 6. The van der Waals surface area contributed by atoms with Gasteiger partial charge >= 0.3 is 0 Å². The van der Waals surface area contributed by atoms with Crippen LogP contribution in [0.3, 0.4) is 0 Å². The molecule has 2 heterocycles. The van der Waals surface area contributed by atoms with E-state index in [4.69, 9.17) is 10.00 Å². The highest BCUT2D eigenvalue weighted by atomic mass is 16.5. The van der Waals surface area contributed by atoms with Crippen molar-refractivity contribution < 1.29 is 4.74 Å². The molecule has 0 atom stereocenters. The molecule has 8 heteroatoms. The van der Waals surface area contributed by atoms with Crippen LogP contribution in [0.25, 0.3) is 0 Å². The molecule has 5 rings (SSSR count). The Kier molecular flexibility index (Phi) is 3.85. The van der Waals surface area contributed by atoms with Gasteiger partial charge in [0.2, 0.25) is 0 Å². The molecular weight excluding hydrogens is 342 g/mol. The third-order valence-electron chi connectivity index (χ3n) is 4.92. The fourth-order valence-corrected chi connectivity index (χ4v) is 3.26. The van der Waals surface area contributed by atoms with Gasteiger partial charge in [0.25, 0.3) is 0 Å². The second-order valence-electron chi connectivity index (χ2n) is 7.15. The van der Waals surface area contributed by atoms with Crippen molar-refractivity contribution in [3.05, 3.63) is 53.4 Å². The second-order valence-corrected chi connectivity index (χ2v) is 7.15. The van der Waals surface area contributed by atoms with Crippen molar-refractivity contribution in [3.63, 3.8) is 0 Å². The van der Waals surface area contributed by atoms with Crippen LogP contribution in [0, 0.1) is 11.3 Å². The standard InChI is InChI=1S/C19H19N7O/c20-9-14-3-1-2-4-17(14)27-12-15-10-25(24-21-15)11-18-22-23-19(13-5-6-13)26(18)16-7-8-16/h1-4,10,13,16H,5-8,11-12H2. The Bertz CT molecular complexity index is 1010. The van der Waals surface area contributed by atoms with Gasteiger partial charge in [-0.2, -0.15) is 5.26 Å². The summed E-state index contributed by atoms with van der Waals surface area (Å²) < 4.78 is 9.81. The molecule has 0 amide bonds. The Balaban J connectivity index is 1.28. The molecule has 2 fully saturated rings. The van der Waals surface area contributed by atoms with Crippen molar-refractivity contribution in [1.29, 1.82) is 5.26 Å². The van der Waals surface area contributed by atoms with Crippen LogP contribution in [0.2, 0.25) is 0 Å². The molecule has 2 aliphatic carbocycles. The van der Waals surface area contributed by atoms with Gasteiger partial charge in [-0.3, -0.25) is 0 Å². The molecule has 0 radical (unpaired) electrons. The van der Waals surface area contributed by atoms with Crippen LogP contribution in [0.4, 0.5) is 0 Å². The molecular formula is C19H19N7O. The highest BCUT2D eigenvalue weighted by molar-refractivity contribution is 5.42. The highest BCUT2D eigenvalue weighted by Gasteiger charge is 2.36. The molecule has 3 aromatic rings. The molecule has 136 valence electrons. The second kappa shape index (κ2) is 6.50. The third-order valence-corrected chi connectivity index (χ3v) is 4.92. The first-order valence-electron chi connectivity index (χ1n) is 9.26. The predicted octanol–water partition coefficient (Wildman–Crippen LogP) is 2.58. The first-order valence-corrected chi connectivity index (χ1v) is 9.26. The van der Waals surface area contributed by atoms with Gasteiger partial charge in [-0.25, -0.2) is 4.68 Å². The molecule has 8 nitrogen and oxygen atoms in total. The Labute approximate surface area is 156 Å². The lowest BCUT2D eigenvalue weighted by molar-refractivity contribution is 0.300. The van der Waals surface area contributed by atoms with Crippen LogP contribution in [0.1, 0.15) is 60.5 Å². The number of para-hydroxylation sites is 1. The average molecular weight is 361 g/mol. The molecule has 2 saturated carbocycles. The van der Waals surface area contributed by atoms with E-state index in [1.165, 1.54) is 25.7 Å². The molecule has 2 aliphatic rings. The molecule has 0 aliphatic heterocycles. The number of benzene rings is 1. The van der Waals surface area contributed by atoms with Crippen molar-refractivity contribution >= 4 is 0 Å². The molecule has 0 bridgehead atoms. The summed E-state index contributed by atoms with van der Waals surface area (Å²) in [6.07, 6.45) is 6.72. The summed E-state index contributed by atoms with van der Waals surface area (Å²) in [6, 6.07) is 9.84. The number of rotatable bonds is 7. The maximum absolute atomic E-state index is 9.13. The monoisotopic (exact) mass is 361 g/mol. The minimum absolute atomic E-state index is 0.265. The molecule has 27 heavy (non-hydrogen) atoms. The van der Waals surface area contributed by atoms with Gasteiger partial charge in [0, 0.05) is 12.0 Å². The zero-order chi connectivity index (χ0) is 18.2. The maximum atomic E-state index is 9.13. The van der Waals surface area contributed by atoms with E-state index in [-0.39, 0.29) is 6.61 Å². The van der Waals surface area contributed by atoms with Gasteiger partial charge in [0.1, 0.15) is 36.5 Å². The van der Waals surface area contributed by atoms with E-state index in [0.717, 1.165) is 11.6 Å². The summed E-state index contributed by atoms with van der Waals surface area (Å²) >= 11 is 0. The lowest BCUT2D eigenvalue weighted by Crippen LogP contribution is -2.10.